The standard InChI is InChI=1S/C20H23N2O7PS/c1-4-28-30(26,29-5-2)18(12-6-9-16(23)14(10-12)19(24)25)22-20-21-15-8-7-13(27-3)11-17(15)31-20/h6-11,18,23H,4-5H2,1-3H3,(H,21,22)(H,24,25). The monoisotopic (exact) mass is 466 g/mol. The first-order chi connectivity index (χ1) is 14.8. The van der Waals surface area contributed by atoms with Crippen LogP contribution < -0.4 is 10.1 Å². The van der Waals surface area contributed by atoms with Crippen molar-refractivity contribution in [3.05, 3.63) is 47.5 Å². The van der Waals surface area contributed by atoms with Crippen molar-refractivity contribution in [1.29, 1.82) is 0 Å². The number of phenols is 1. The van der Waals surface area contributed by atoms with Crippen molar-refractivity contribution in [2.24, 2.45) is 0 Å². The number of aromatic hydroxyl groups is 1. The smallest absolute Gasteiger partial charge is 0.357 e. The van der Waals surface area contributed by atoms with Gasteiger partial charge in [0.15, 0.2) is 10.9 Å². The molecule has 166 valence electrons. The molecule has 3 N–H and O–H groups in total. The summed E-state index contributed by atoms with van der Waals surface area (Å²) < 4.78 is 30.8. The summed E-state index contributed by atoms with van der Waals surface area (Å²) in [6, 6.07) is 9.38. The fraction of sp³-hybridized carbons (Fsp3) is 0.300. The van der Waals surface area contributed by atoms with Gasteiger partial charge in [-0.05, 0) is 49.7 Å². The summed E-state index contributed by atoms with van der Waals surface area (Å²) in [6.45, 7) is 3.62. The molecule has 31 heavy (non-hydrogen) atoms. The highest BCUT2D eigenvalue weighted by atomic mass is 32.1. The average molecular weight is 466 g/mol. The summed E-state index contributed by atoms with van der Waals surface area (Å²) in [6.07, 6.45) is 0. The van der Waals surface area contributed by atoms with Crippen molar-refractivity contribution in [2.75, 3.05) is 25.6 Å². The van der Waals surface area contributed by atoms with Gasteiger partial charge < -0.3 is 29.3 Å². The Morgan fingerprint density at radius 1 is 1.19 bits per heavy atom. The van der Waals surface area contributed by atoms with Gasteiger partial charge in [0.1, 0.15) is 17.1 Å². The van der Waals surface area contributed by atoms with E-state index < -0.39 is 25.1 Å². The number of hydrogen-bond acceptors (Lipinski definition) is 9. The molecule has 0 saturated carbocycles. The lowest BCUT2D eigenvalue weighted by Gasteiger charge is -2.27. The van der Waals surface area contributed by atoms with Crippen LogP contribution in [0.2, 0.25) is 0 Å². The zero-order valence-electron chi connectivity index (χ0n) is 17.2. The van der Waals surface area contributed by atoms with Gasteiger partial charge >= 0.3 is 13.6 Å². The first kappa shape index (κ1) is 23.0. The molecule has 1 aromatic heterocycles. The highest BCUT2D eigenvalue weighted by molar-refractivity contribution is 7.54. The number of benzene rings is 2. The molecule has 1 atom stereocenters. The number of anilines is 1. The highest BCUT2D eigenvalue weighted by Gasteiger charge is 2.38. The summed E-state index contributed by atoms with van der Waals surface area (Å²) in [5.74, 6) is -2.08. The van der Waals surface area contributed by atoms with Gasteiger partial charge in [0, 0.05) is 0 Å². The highest BCUT2D eigenvalue weighted by Crippen LogP contribution is 2.61. The molecule has 0 fully saturated rings. The molecular weight excluding hydrogens is 443 g/mol. The Morgan fingerprint density at radius 2 is 1.90 bits per heavy atom. The fourth-order valence-electron chi connectivity index (χ4n) is 3.00. The second-order valence-electron chi connectivity index (χ2n) is 6.36. The Balaban J connectivity index is 2.09. The van der Waals surface area contributed by atoms with Gasteiger partial charge in [-0.2, -0.15) is 0 Å². The molecule has 0 amide bonds. The van der Waals surface area contributed by atoms with Crippen molar-refractivity contribution in [3.63, 3.8) is 0 Å². The fourth-order valence-corrected chi connectivity index (χ4v) is 5.91. The third kappa shape index (κ3) is 4.99. The van der Waals surface area contributed by atoms with Crippen molar-refractivity contribution < 1.29 is 33.4 Å². The van der Waals surface area contributed by atoms with Gasteiger partial charge in [-0.15, -0.1) is 0 Å². The predicted molar refractivity (Wildman–Crippen MR) is 118 cm³/mol. The number of carboxylic acids is 1. The number of carbonyl (C=O) groups is 1. The largest absolute Gasteiger partial charge is 0.507 e. The third-order valence-corrected chi connectivity index (χ3v) is 7.60. The van der Waals surface area contributed by atoms with E-state index in [9.17, 15) is 19.6 Å². The molecule has 1 heterocycles. The Labute approximate surface area is 183 Å². The van der Waals surface area contributed by atoms with Crippen molar-refractivity contribution >= 4 is 40.3 Å². The summed E-state index contributed by atoms with van der Waals surface area (Å²) in [5.41, 5.74) is 0.710. The number of nitrogens with zero attached hydrogens (tertiary/aromatic N) is 1. The normalized spacial score (nSPS) is 12.6. The van der Waals surface area contributed by atoms with Crippen molar-refractivity contribution in [1.82, 2.24) is 4.98 Å². The summed E-state index contributed by atoms with van der Waals surface area (Å²) in [4.78, 5) is 16.0. The van der Waals surface area contributed by atoms with E-state index in [1.807, 2.05) is 6.07 Å². The summed E-state index contributed by atoms with van der Waals surface area (Å²) >= 11 is 1.32. The van der Waals surface area contributed by atoms with E-state index in [0.717, 1.165) is 4.70 Å². The first-order valence-electron chi connectivity index (χ1n) is 9.47. The van der Waals surface area contributed by atoms with Gasteiger partial charge in [0.2, 0.25) is 0 Å². The third-order valence-electron chi connectivity index (χ3n) is 4.36. The van der Waals surface area contributed by atoms with Gasteiger partial charge in [-0.25, -0.2) is 9.78 Å². The van der Waals surface area contributed by atoms with Crippen LogP contribution in [0, 0.1) is 0 Å². The maximum absolute atomic E-state index is 13.6. The first-order valence-corrected chi connectivity index (χ1v) is 11.9. The topological polar surface area (TPSA) is 127 Å². The Hall–Kier alpha value is -2.65. The van der Waals surface area contributed by atoms with E-state index in [4.69, 9.17) is 13.8 Å². The second kappa shape index (κ2) is 9.65. The van der Waals surface area contributed by atoms with Crippen LogP contribution in [0.5, 0.6) is 11.5 Å². The number of aromatic carboxylic acids is 1. The van der Waals surface area contributed by atoms with E-state index in [1.165, 1.54) is 29.5 Å². The van der Waals surface area contributed by atoms with E-state index in [0.29, 0.717) is 22.0 Å². The van der Waals surface area contributed by atoms with Crippen LogP contribution in [-0.2, 0) is 13.6 Å². The minimum Gasteiger partial charge on any atom is -0.507 e. The molecule has 0 radical (unpaired) electrons. The minimum atomic E-state index is -3.78. The second-order valence-corrected chi connectivity index (χ2v) is 9.50. The van der Waals surface area contributed by atoms with Crippen molar-refractivity contribution in [2.45, 2.75) is 19.6 Å². The molecule has 11 heteroatoms. The Bertz CT molecular complexity index is 1120. The van der Waals surface area contributed by atoms with E-state index >= 15 is 0 Å². The molecule has 0 bridgehead atoms. The molecule has 3 aromatic rings. The number of aromatic nitrogens is 1. The van der Waals surface area contributed by atoms with Crippen LogP contribution in [0.1, 0.15) is 35.6 Å². The number of methoxy groups -OCH3 is 1. The number of ether oxygens (including phenoxy) is 1. The van der Waals surface area contributed by atoms with Gasteiger partial charge in [-0.1, -0.05) is 17.4 Å². The summed E-state index contributed by atoms with van der Waals surface area (Å²) in [5, 5.41) is 22.8. The molecule has 0 spiro atoms. The molecule has 0 aliphatic rings. The van der Waals surface area contributed by atoms with Crippen LogP contribution >= 0.6 is 18.9 Å². The van der Waals surface area contributed by atoms with Gasteiger partial charge in [-0.3, -0.25) is 4.57 Å². The lowest BCUT2D eigenvalue weighted by Crippen LogP contribution is -2.16. The maximum atomic E-state index is 13.6. The quantitative estimate of drug-likeness (QED) is 0.350. The van der Waals surface area contributed by atoms with Crippen LogP contribution in [0.25, 0.3) is 10.2 Å². The molecule has 0 saturated heterocycles. The Morgan fingerprint density at radius 3 is 2.52 bits per heavy atom. The zero-order chi connectivity index (χ0) is 22.6. The minimum absolute atomic E-state index is 0.121. The number of thiazole rings is 1. The molecular formula is C20H23N2O7PS. The average Bonchev–Trinajstić information content (AvgIpc) is 3.14. The van der Waals surface area contributed by atoms with Gasteiger partial charge in [0.25, 0.3) is 0 Å². The van der Waals surface area contributed by atoms with Crippen LogP contribution in [0.4, 0.5) is 5.13 Å². The number of carboxylic acid groups (broad SMARTS) is 1. The van der Waals surface area contributed by atoms with E-state index in [2.05, 4.69) is 10.3 Å². The molecule has 0 aliphatic carbocycles. The SMILES string of the molecule is CCOP(=O)(OCC)C(Nc1nc2ccc(OC)cc2s1)c1ccc(O)c(C(=O)O)c1. The zero-order valence-corrected chi connectivity index (χ0v) is 18.9. The lowest BCUT2D eigenvalue weighted by molar-refractivity contribution is 0.0693. The summed E-state index contributed by atoms with van der Waals surface area (Å²) in [7, 11) is -2.21. The molecule has 0 aliphatic heterocycles. The van der Waals surface area contributed by atoms with Crippen LogP contribution in [0.15, 0.2) is 36.4 Å². The van der Waals surface area contributed by atoms with Crippen LogP contribution in [-0.4, -0.2) is 41.5 Å². The number of rotatable bonds is 10. The maximum Gasteiger partial charge on any atom is 0.357 e. The number of hydrogen-bond donors (Lipinski definition) is 3. The molecule has 2 aromatic carbocycles. The Kier molecular flexibility index (Phi) is 7.17. The number of nitrogens with one attached hydrogen (secondary N) is 1. The van der Waals surface area contributed by atoms with Gasteiger partial charge in [0.05, 0.1) is 30.5 Å². The predicted octanol–water partition coefficient (Wildman–Crippen LogP) is 5.09. The lowest BCUT2D eigenvalue weighted by atomic mass is 10.1. The van der Waals surface area contributed by atoms with E-state index in [-0.39, 0.29) is 18.8 Å². The van der Waals surface area contributed by atoms with E-state index in [1.54, 1.807) is 33.1 Å². The molecule has 3 rings (SSSR count). The van der Waals surface area contributed by atoms with Crippen LogP contribution in [0.3, 0.4) is 0 Å². The number of fused-ring (bicyclic) bond motifs is 1. The molecule has 9 nitrogen and oxygen atoms in total. The molecule has 1 unspecified atom stereocenters. The van der Waals surface area contributed by atoms with Crippen molar-refractivity contribution in [3.8, 4) is 11.5 Å².